The highest BCUT2D eigenvalue weighted by atomic mass is 35.5. The number of alkyl halides is 5. The Balaban J connectivity index is 2.09. The maximum atomic E-state index is 13.0. The van der Waals surface area contributed by atoms with Crippen LogP contribution in [-0.2, 0) is 4.74 Å². The zero-order chi connectivity index (χ0) is 21.1. The summed E-state index contributed by atoms with van der Waals surface area (Å²) in [5.74, 6) is -0.635. The van der Waals surface area contributed by atoms with Gasteiger partial charge < -0.3 is 15.8 Å². The van der Waals surface area contributed by atoms with Crippen LogP contribution in [0.25, 0.3) is 5.69 Å². The van der Waals surface area contributed by atoms with Gasteiger partial charge in [-0.3, -0.25) is 0 Å². The summed E-state index contributed by atoms with van der Waals surface area (Å²) >= 11 is 6.02. The molecule has 28 heavy (non-hydrogen) atoms. The largest absolute Gasteiger partial charge is 0.448 e. The van der Waals surface area contributed by atoms with Gasteiger partial charge in [0, 0.05) is 0 Å². The van der Waals surface area contributed by atoms with E-state index < -0.39 is 43.2 Å². The Hall–Kier alpha value is -2.47. The predicted octanol–water partition coefficient (Wildman–Crippen LogP) is 3.54. The van der Waals surface area contributed by atoms with E-state index in [0.29, 0.717) is 5.56 Å². The van der Waals surface area contributed by atoms with Crippen molar-refractivity contribution in [1.82, 2.24) is 20.1 Å². The van der Waals surface area contributed by atoms with Gasteiger partial charge in [-0.15, -0.1) is 0 Å². The van der Waals surface area contributed by atoms with E-state index in [2.05, 4.69) is 14.8 Å². The fourth-order valence-corrected chi connectivity index (χ4v) is 2.27. The molecule has 0 saturated carbocycles. The number of rotatable bonds is 6. The van der Waals surface area contributed by atoms with Gasteiger partial charge in [0.2, 0.25) is 0 Å². The molecule has 1 amide bonds. The molecule has 0 aliphatic carbocycles. The van der Waals surface area contributed by atoms with Crippen LogP contribution in [0.3, 0.4) is 0 Å². The van der Waals surface area contributed by atoms with E-state index in [4.69, 9.17) is 17.3 Å². The van der Waals surface area contributed by atoms with Crippen LogP contribution in [0, 0.1) is 0 Å². The SMILES string of the molecule is C[C@H](NC(=O)OC[C@@H](N)c1ccc(Cl)c(-n2ncnc2C(F)F)c1)C(F)(F)F. The molecule has 2 aromatic rings. The fourth-order valence-electron chi connectivity index (χ4n) is 2.07. The molecular weight excluding hydrogens is 413 g/mol. The lowest BCUT2D eigenvalue weighted by atomic mass is 10.1. The maximum Gasteiger partial charge on any atom is 0.408 e. The molecule has 2 rings (SSSR count). The lowest BCUT2D eigenvalue weighted by Gasteiger charge is -2.19. The lowest BCUT2D eigenvalue weighted by Crippen LogP contribution is -2.43. The van der Waals surface area contributed by atoms with Crippen LogP contribution in [0.2, 0.25) is 5.02 Å². The Labute approximate surface area is 160 Å². The molecular formula is C15H15ClF5N5O2. The second kappa shape index (κ2) is 8.69. The smallest absolute Gasteiger partial charge is 0.408 e. The summed E-state index contributed by atoms with van der Waals surface area (Å²) < 4.78 is 68.7. The minimum atomic E-state index is -4.62. The first-order chi connectivity index (χ1) is 13.0. The first kappa shape index (κ1) is 21.8. The quantitative estimate of drug-likeness (QED) is 0.688. The van der Waals surface area contributed by atoms with Crippen LogP contribution in [0.1, 0.15) is 30.8 Å². The predicted molar refractivity (Wildman–Crippen MR) is 88.3 cm³/mol. The van der Waals surface area contributed by atoms with Crippen molar-refractivity contribution >= 4 is 17.7 Å². The van der Waals surface area contributed by atoms with Crippen molar-refractivity contribution in [3.8, 4) is 5.69 Å². The molecule has 0 bridgehead atoms. The van der Waals surface area contributed by atoms with Gasteiger partial charge in [0.1, 0.15) is 19.0 Å². The number of nitrogens with one attached hydrogen (secondary N) is 1. The molecule has 13 heteroatoms. The number of alkyl carbamates (subject to hydrolysis) is 1. The van der Waals surface area contributed by atoms with E-state index in [9.17, 15) is 26.7 Å². The summed E-state index contributed by atoms with van der Waals surface area (Å²) in [6.45, 7) is 0.294. The Kier molecular flexibility index (Phi) is 6.77. The van der Waals surface area contributed by atoms with Gasteiger partial charge in [0.05, 0.1) is 16.8 Å². The third-order valence-electron chi connectivity index (χ3n) is 3.62. The van der Waals surface area contributed by atoms with Gasteiger partial charge in [-0.2, -0.15) is 18.3 Å². The molecule has 154 valence electrons. The minimum Gasteiger partial charge on any atom is -0.448 e. The van der Waals surface area contributed by atoms with Gasteiger partial charge in [0.15, 0.2) is 5.82 Å². The number of halogens is 6. The highest BCUT2D eigenvalue weighted by molar-refractivity contribution is 6.32. The minimum absolute atomic E-state index is 0.0672. The van der Waals surface area contributed by atoms with Crippen molar-refractivity contribution in [2.75, 3.05) is 6.61 Å². The van der Waals surface area contributed by atoms with Crippen molar-refractivity contribution in [2.45, 2.75) is 31.6 Å². The number of nitrogens with zero attached hydrogens (tertiary/aromatic N) is 3. The molecule has 1 heterocycles. The van der Waals surface area contributed by atoms with E-state index in [1.807, 2.05) is 0 Å². The van der Waals surface area contributed by atoms with E-state index in [1.54, 1.807) is 5.32 Å². The van der Waals surface area contributed by atoms with Crippen LogP contribution in [0.5, 0.6) is 0 Å². The standard InChI is InChI=1S/C15H15ClF5N5O2/c1-7(15(19,20)21)25-14(27)28-5-10(22)8-2-3-9(16)11(4-8)26-13(12(17)18)23-6-24-26/h2-4,6-7,10,12H,5,22H2,1H3,(H,25,27)/t7-,10+/m0/s1. The Morgan fingerprint density at radius 3 is 2.68 bits per heavy atom. The zero-order valence-corrected chi connectivity index (χ0v) is 15.0. The summed E-state index contributed by atoms with van der Waals surface area (Å²) in [5, 5.41) is 5.40. The van der Waals surface area contributed by atoms with Gasteiger partial charge in [0.25, 0.3) is 6.43 Å². The van der Waals surface area contributed by atoms with Crippen molar-refractivity contribution in [3.05, 3.63) is 40.9 Å². The topological polar surface area (TPSA) is 95.1 Å². The van der Waals surface area contributed by atoms with E-state index in [0.717, 1.165) is 17.9 Å². The average molecular weight is 428 g/mol. The number of nitrogens with two attached hydrogens (primary N) is 1. The van der Waals surface area contributed by atoms with Crippen LogP contribution in [-0.4, -0.2) is 39.7 Å². The van der Waals surface area contributed by atoms with Crippen molar-refractivity contribution in [2.24, 2.45) is 5.73 Å². The molecule has 0 radical (unpaired) electrons. The third-order valence-corrected chi connectivity index (χ3v) is 3.93. The Morgan fingerprint density at radius 2 is 2.07 bits per heavy atom. The number of benzene rings is 1. The average Bonchev–Trinajstić information content (AvgIpc) is 3.09. The van der Waals surface area contributed by atoms with Crippen LogP contribution in [0.15, 0.2) is 24.5 Å². The number of hydrogen-bond donors (Lipinski definition) is 2. The summed E-state index contributed by atoms with van der Waals surface area (Å²) in [6, 6.07) is 1.11. The molecule has 1 aromatic heterocycles. The number of carbonyl (C=O) groups is 1. The molecule has 7 nitrogen and oxygen atoms in total. The first-order valence-corrected chi connectivity index (χ1v) is 8.12. The second-order valence-corrected chi connectivity index (χ2v) is 6.06. The zero-order valence-electron chi connectivity index (χ0n) is 14.3. The molecule has 3 N–H and O–H groups in total. The maximum absolute atomic E-state index is 13.0. The van der Waals surface area contributed by atoms with E-state index >= 15 is 0 Å². The molecule has 0 saturated heterocycles. The summed E-state index contributed by atoms with van der Waals surface area (Å²) in [4.78, 5) is 14.9. The molecule has 0 fully saturated rings. The second-order valence-electron chi connectivity index (χ2n) is 5.65. The van der Waals surface area contributed by atoms with Crippen LogP contribution < -0.4 is 11.1 Å². The van der Waals surface area contributed by atoms with Gasteiger partial charge in [-0.25, -0.2) is 23.2 Å². The Bertz CT molecular complexity index is 829. The van der Waals surface area contributed by atoms with Crippen LogP contribution in [0.4, 0.5) is 26.7 Å². The van der Waals surface area contributed by atoms with Crippen molar-refractivity contribution in [3.63, 3.8) is 0 Å². The summed E-state index contributed by atoms with van der Waals surface area (Å²) in [5.41, 5.74) is 6.26. The molecule has 0 unspecified atom stereocenters. The van der Waals surface area contributed by atoms with Gasteiger partial charge in [-0.05, 0) is 24.6 Å². The van der Waals surface area contributed by atoms with E-state index in [1.165, 1.54) is 18.2 Å². The number of carbonyl (C=O) groups excluding carboxylic acids is 1. The highest BCUT2D eigenvalue weighted by Gasteiger charge is 2.37. The number of hydrogen-bond acceptors (Lipinski definition) is 5. The molecule has 2 atom stereocenters. The van der Waals surface area contributed by atoms with Crippen molar-refractivity contribution in [1.29, 1.82) is 0 Å². The normalized spacial score (nSPS) is 14.0. The molecule has 1 aromatic carbocycles. The first-order valence-electron chi connectivity index (χ1n) is 7.74. The summed E-state index contributed by atoms with van der Waals surface area (Å²) in [6.07, 6.45) is -7.89. The number of aromatic nitrogens is 3. The lowest BCUT2D eigenvalue weighted by molar-refractivity contribution is -0.150. The number of ether oxygens (including phenoxy) is 1. The Morgan fingerprint density at radius 1 is 1.39 bits per heavy atom. The molecule has 0 aliphatic heterocycles. The highest BCUT2D eigenvalue weighted by Crippen LogP contribution is 2.27. The van der Waals surface area contributed by atoms with Crippen LogP contribution >= 0.6 is 11.6 Å². The van der Waals surface area contributed by atoms with Crippen molar-refractivity contribution < 1.29 is 31.5 Å². The monoisotopic (exact) mass is 427 g/mol. The van der Waals surface area contributed by atoms with E-state index in [-0.39, 0.29) is 10.7 Å². The van der Waals surface area contributed by atoms with Gasteiger partial charge in [-0.1, -0.05) is 17.7 Å². The third kappa shape index (κ3) is 5.29. The number of amides is 1. The fraction of sp³-hybridized carbons (Fsp3) is 0.400. The molecule has 0 aliphatic rings. The molecule has 0 spiro atoms. The summed E-state index contributed by atoms with van der Waals surface area (Å²) in [7, 11) is 0. The van der Waals surface area contributed by atoms with Gasteiger partial charge >= 0.3 is 12.3 Å².